The van der Waals surface area contributed by atoms with Crippen molar-refractivity contribution in [2.24, 2.45) is 10.7 Å². The molecule has 7 nitrogen and oxygen atoms in total. The van der Waals surface area contributed by atoms with Gasteiger partial charge in [0.15, 0.2) is 0 Å². The number of aliphatic imine (C=N–C) groups is 1. The highest BCUT2D eigenvalue weighted by Gasteiger charge is 2.40. The Labute approximate surface area is 181 Å². The van der Waals surface area contributed by atoms with Gasteiger partial charge >= 0.3 is 5.63 Å². The molecule has 1 aromatic heterocycles. The molecule has 0 fully saturated rings. The first-order valence-corrected chi connectivity index (χ1v) is 11.1. The number of halogens is 1. The Balaban J connectivity index is 0.00000204. The maximum absolute atomic E-state index is 12.9. The van der Waals surface area contributed by atoms with Crippen LogP contribution in [0.15, 0.2) is 39.0 Å². The Bertz CT molecular complexity index is 781. The van der Waals surface area contributed by atoms with Gasteiger partial charge in [-0.25, -0.2) is 4.79 Å². The summed E-state index contributed by atoms with van der Waals surface area (Å²) in [5.41, 5.74) is 4.46. The molecule has 1 amide bonds. The minimum absolute atomic E-state index is 0.201. The summed E-state index contributed by atoms with van der Waals surface area (Å²) >= 11 is 6.14. The quantitative estimate of drug-likeness (QED) is 0.448. The van der Waals surface area contributed by atoms with Gasteiger partial charge in [-0.05, 0) is 20.3 Å². The summed E-state index contributed by atoms with van der Waals surface area (Å²) in [6, 6.07) is 2.26. The predicted molar refractivity (Wildman–Crippen MR) is 120 cm³/mol. The number of ether oxygens (including phenoxy) is 1. The van der Waals surface area contributed by atoms with Crippen molar-refractivity contribution in [3.63, 3.8) is 0 Å². The fourth-order valence-electron chi connectivity index (χ4n) is 2.64. The van der Waals surface area contributed by atoms with E-state index in [2.05, 4.69) is 28.5 Å². The maximum Gasteiger partial charge on any atom is 0.339 e. The summed E-state index contributed by atoms with van der Waals surface area (Å²) in [5.74, 6) is 1.06. The summed E-state index contributed by atoms with van der Waals surface area (Å²) < 4.78 is 10.8. The molecule has 0 saturated heterocycles. The molecular weight excluding hydrogens is 414 g/mol. The van der Waals surface area contributed by atoms with E-state index in [9.17, 15) is 9.59 Å². The zero-order chi connectivity index (χ0) is 22.0. The lowest BCUT2D eigenvalue weighted by Gasteiger charge is -2.24. The lowest BCUT2D eigenvalue weighted by atomic mass is 10.0. The Morgan fingerprint density at radius 3 is 2.79 bits per heavy atom. The monoisotopic (exact) mass is 443 g/mol. The van der Waals surface area contributed by atoms with Gasteiger partial charge in [-0.15, -0.1) is 23.4 Å². The Morgan fingerprint density at radius 1 is 1.55 bits per heavy atom. The molecule has 0 bridgehead atoms. The van der Waals surface area contributed by atoms with Crippen molar-refractivity contribution >= 4 is 34.3 Å². The molecule has 29 heavy (non-hydrogen) atoms. The molecule has 0 aromatic carbocycles. The van der Waals surface area contributed by atoms with Crippen molar-refractivity contribution in [2.45, 2.75) is 51.2 Å². The van der Waals surface area contributed by atoms with Crippen molar-refractivity contribution < 1.29 is 13.9 Å². The molecular formula is C20H30ClN3O4S. The molecule has 0 saturated carbocycles. The standard InChI is InChI=1S/C19H27N3O4S.CH3Cl/c1-5-7-14(15-9-13(25-8-6-2)10-16(23)26-15)21-18(24)19(4)11-27-17(22-19)12(3)20;1-2/h6,9-10,12,14H,2,5,7-8,11,20H2,1,3-4H3,(H,21,24);1H3. The third kappa shape index (κ3) is 7.21. The fourth-order valence-corrected chi connectivity index (χ4v) is 3.80. The highest BCUT2D eigenvalue weighted by molar-refractivity contribution is 8.14. The molecule has 162 valence electrons. The van der Waals surface area contributed by atoms with Crippen molar-refractivity contribution in [1.29, 1.82) is 0 Å². The average Bonchev–Trinajstić information content (AvgIpc) is 3.11. The fraction of sp³-hybridized carbons (Fsp3) is 0.550. The second-order valence-corrected chi connectivity index (χ2v) is 7.73. The smallest absolute Gasteiger partial charge is 0.339 e. The first-order valence-electron chi connectivity index (χ1n) is 9.34. The first kappa shape index (κ1) is 25.3. The highest BCUT2D eigenvalue weighted by Crippen LogP contribution is 2.30. The number of carbonyl (C=O) groups is 1. The van der Waals surface area contributed by atoms with Gasteiger partial charge in [-0.2, -0.15) is 0 Å². The predicted octanol–water partition coefficient (Wildman–Crippen LogP) is 3.27. The molecule has 2 heterocycles. The van der Waals surface area contributed by atoms with Crippen LogP contribution in [-0.2, 0) is 4.79 Å². The van der Waals surface area contributed by atoms with Crippen molar-refractivity contribution in [2.75, 3.05) is 18.7 Å². The zero-order valence-corrected chi connectivity index (χ0v) is 18.9. The maximum atomic E-state index is 12.9. The van der Waals surface area contributed by atoms with Crippen LogP contribution < -0.4 is 21.4 Å². The Kier molecular flexibility index (Phi) is 10.5. The molecule has 3 atom stereocenters. The van der Waals surface area contributed by atoms with Crippen LogP contribution in [0, 0.1) is 0 Å². The SMILES string of the molecule is C=CCOc1cc(C(CCC)NC(=O)C2(C)CSC(C(C)N)=N2)oc(=O)c1.CCl. The molecule has 9 heteroatoms. The molecule has 1 aromatic rings. The Morgan fingerprint density at radius 2 is 2.24 bits per heavy atom. The number of hydrogen-bond acceptors (Lipinski definition) is 7. The molecule has 1 aliphatic heterocycles. The van der Waals surface area contributed by atoms with E-state index in [1.165, 1.54) is 24.2 Å². The van der Waals surface area contributed by atoms with E-state index in [1.54, 1.807) is 19.1 Å². The van der Waals surface area contributed by atoms with Crippen LogP contribution in [0.4, 0.5) is 0 Å². The highest BCUT2D eigenvalue weighted by atomic mass is 35.5. The number of alkyl halides is 1. The van der Waals surface area contributed by atoms with E-state index in [0.29, 0.717) is 23.7 Å². The minimum atomic E-state index is -0.892. The number of nitrogens with zero attached hydrogens (tertiary/aromatic N) is 1. The zero-order valence-electron chi connectivity index (χ0n) is 17.4. The van der Waals surface area contributed by atoms with Crippen LogP contribution in [0.1, 0.15) is 45.4 Å². The lowest BCUT2D eigenvalue weighted by Crippen LogP contribution is -2.45. The van der Waals surface area contributed by atoms with Crippen LogP contribution in [0.2, 0.25) is 0 Å². The second kappa shape index (κ2) is 12.0. The van der Waals surface area contributed by atoms with E-state index in [-0.39, 0.29) is 18.6 Å². The third-order valence-electron chi connectivity index (χ3n) is 4.09. The number of rotatable bonds is 9. The van der Waals surface area contributed by atoms with Gasteiger partial charge in [0.1, 0.15) is 23.7 Å². The van der Waals surface area contributed by atoms with Crippen LogP contribution in [0.25, 0.3) is 0 Å². The number of nitrogens with two attached hydrogens (primary N) is 1. The van der Waals surface area contributed by atoms with E-state index in [4.69, 9.17) is 14.9 Å². The molecule has 0 spiro atoms. The summed E-state index contributed by atoms with van der Waals surface area (Å²) in [5, 5.41) is 3.75. The molecule has 2 rings (SSSR count). The van der Waals surface area contributed by atoms with Gasteiger partial charge in [0, 0.05) is 24.2 Å². The largest absolute Gasteiger partial charge is 0.489 e. The van der Waals surface area contributed by atoms with Gasteiger partial charge in [-0.3, -0.25) is 9.79 Å². The van der Waals surface area contributed by atoms with E-state index < -0.39 is 17.2 Å². The normalized spacial score (nSPS) is 20.0. The van der Waals surface area contributed by atoms with Crippen LogP contribution in [0.5, 0.6) is 5.75 Å². The number of amides is 1. The summed E-state index contributed by atoms with van der Waals surface area (Å²) in [6.07, 6.45) is 4.48. The van der Waals surface area contributed by atoms with Gasteiger partial charge in [-0.1, -0.05) is 26.0 Å². The number of thioether (sulfide) groups is 1. The lowest BCUT2D eigenvalue weighted by molar-refractivity contribution is -0.125. The van der Waals surface area contributed by atoms with Gasteiger partial charge in [0.25, 0.3) is 0 Å². The van der Waals surface area contributed by atoms with E-state index >= 15 is 0 Å². The number of hydrogen-bond donors (Lipinski definition) is 2. The molecule has 0 radical (unpaired) electrons. The van der Waals surface area contributed by atoms with Crippen molar-refractivity contribution in [3.05, 3.63) is 41.0 Å². The van der Waals surface area contributed by atoms with Gasteiger partial charge < -0.3 is 20.2 Å². The molecule has 3 unspecified atom stereocenters. The van der Waals surface area contributed by atoms with Crippen LogP contribution in [0.3, 0.4) is 0 Å². The van der Waals surface area contributed by atoms with E-state index in [1.807, 2.05) is 13.8 Å². The topological polar surface area (TPSA) is 107 Å². The summed E-state index contributed by atoms with van der Waals surface area (Å²) in [6.45, 7) is 9.49. The number of nitrogens with one attached hydrogen (secondary N) is 1. The Hall–Kier alpha value is -1.77. The molecule has 3 N–H and O–H groups in total. The van der Waals surface area contributed by atoms with Crippen molar-refractivity contribution in [1.82, 2.24) is 5.32 Å². The molecule has 1 aliphatic rings. The van der Waals surface area contributed by atoms with Crippen LogP contribution >= 0.6 is 23.4 Å². The van der Waals surface area contributed by atoms with Gasteiger partial charge in [0.2, 0.25) is 5.91 Å². The van der Waals surface area contributed by atoms with Gasteiger partial charge in [0.05, 0.1) is 17.2 Å². The summed E-state index contributed by atoms with van der Waals surface area (Å²) in [7, 11) is 0. The summed E-state index contributed by atoms with van der Waals surface area (Å²) in [4.78, 5) is 29.3. The number of carbonyl (C=O) groups excluding carboxylic acids is 1. The van der Waals surface area contributed by atoms with Crippen molar-refractivity contribution in [3.8, 4) is 5.75 Å². The minimum Gasteiger partial charge on any atom is -0.489 e. The first-order chi connectivity index (χ1) is 13.8. The van der Waals surface area contributed by atoms with Crippen LogP contribution in [-0.4, -0.2) is 41.3 Å². The van der Waals surface area contributed by atoms with E-state index in [0.717, 1.165) is 11.5 Å². The third-order valence-corrected chi connectivity index (χ3v) is 5.56. The molecule has 0 aliphatic carbocycles. The average molecular weight is 444 g/mol. The second-order valence-electron chi connectivity index (χ2n) is 6.73.